The number of rotatable bonds is 5. The van der Waals surface area contributed by atoms with Crippen LogP contribution in [0, 0.1) is 0 Å². The van der Waals surface area contributed by atoms with E-state index >= 15 is 0 Å². The van der Waals surface area contributed by atoms with Gasteiger partial charge in [0.2, 0.25) is 0 Å². The van der Waals surface area contributed by atoms with E-state index in [2.05, 4.69) is 5.32 Å². The molecule has 1 amide bonds. The Morgan fingerprint density at radius 2 is 1.85 bits per heavy atom. The number of carbonyl (C=O) groups excluding carboxylic acids is 1. The summed E-state index contributed by atoms with van der Waals surface area (Å²) in [6.45, 7) is 3.52. The molecular weight excluding hydrogens is 344 g/mol. The molecule has 0 aliphatic carbocycles. The van der Waals surface area contributed by atoms with Crippen LogP contribution < -0.4 is 32.0 Å². The maximum atomic E-state index is 12.1. The van der Waals surface area contributed by atoms with Gasteiger partial charge in [-0.2, -0.15) is 0 Å². The lowest BCUT2D eigenvalue weighted by molar-refractivity contribution is -0.117. The summed E-state index contributed by atoms with van der Waals surface area (Å²) < 4.78 is 11.2. The molecule has 3 rings (SSSR count). The third kappa shape index (κ3) is 3.76. The molecule has 7 nitrogen and oxygen atoms in total. The zero-order valence-corrected chi connectivity index (χ0v) is 15.2. The first-order valence-corrected chi connectivity index (χ1v) is 8.85. The smallest absolute Gasteiger partial charge is 0.269 e. The van der Waals surface area contributed by atoms with Crippen molar-refractivity contribution in [1.82, 2.24) is 5.32 Å². The van der Waals surface area contributed by atoms with Crippen LogP contribution >= 0.6 is 0 Å². The quantitative estimate of drug-likeness (QED) is 0.471. The summed E-state index contributed by atoms with van der Waals surface area (Å²) in [7, 11) is 0. The highest BCUT2D eigenvalue weighted by Gasteiger charge is 2.17. The second kappa shape index (κ2) is 7.90. The van der Waals surface area contributed by atoms with Crippen molar-refractivity contribution in [2.45, 2.75) is 13.3 Å². The monoisotopic (exact) mass is 368 g/mol. The molecule has 0 saturated heterocycles. The number of ether oxygens (including phenoxy) is 2. The van der Waals surface area contributed by atoms with E-state index in [0.717, 1.165) is 17.5 Å². The Balaban J connectivity index is 1.98. The van der Waals surface area contributed by atoms with Crippen molar-refractivity contribution in [3.8, 4) is 22.6 Å². The SMILES string of the molecule is CCCNC(=O)/C(N)=C(\N)c1cccc(-c2ccc3c(c2)OCCO3)c1N. The topological polar surface area (TPSA) is 126 Å². The normalized spacial score (nSPS) is 13.7. The minimum atomic E-state index is -0.404. The van der Waals surface area contributed by atoms with Crippen molar-refractivity contribution in [3.63, 3.8) is 0 Å². The van der Waals surface area contributed by atoms with Gasteiger partial charge in [-0.05, 0) is 24.1 Å². The number of anilines is 1. The minimum Gasteiger partial charge on any atom is -0.486 e. The van der Waals surface area contributed by atoms with Crippen LogP contribution in [-0.4, -0.2) is 25.7 Å². The molecule has 7 heteroatoms. The van der Waals surface area contributed by atoms with Gasteiger partial charge in [-0.15, -0.1) is 0 Å². The summed E-state index contributed by atoms with van der Waals surface area (Å²) in [5.74, 6) is 0.972. The van der Waals surface area contributed by atoms with Crippen molar-refractivity contribution in [2.24, 2.45) is 11.5 Å². The zero-order chi connectivity index (χ0) is 19.4. The highest BCUT2D eigenvalue weighted by Crippen LogP contribution is 2.37. The second-order valence-corrected chi connectivity index (χ2v) is 6.21. The fourth-order valence-electron chi connectivity index (χ4n) is 2.86. The number of nitrogen functional groups attached to an aromatic ring is 1. The van der Waals surface area contributed by atoms with Crippen LogP contribution in [-0.2, 0) is 4.79 Å². The second-order valence-electron chi connectivity index (χ2n) is 6.21. The van der Waals surface area contributed by atoms with Crippen LogP contribution in [0.2, 0.25) is 0 Å². The van der Waals surface area contributed by atoms with Gasteiger partial charge in [0.25, 0.3) is 5.91 Å². The Bertz CT molecular complexity index is 893. The molecule has 1 aliphatic rings. The lowest BCUT2D eigenvalue weighted by atomic mass is 9.98. The average Bonchev–Trinajstić information content (AvgIpc) is 2.70. The van der Waals surface area contributed by atoms with Gasteiger partial charge in [0.1, 0.15) is 18.9 Å². The van der Waals surface area contributed by atoms with Crippen molar-refractivity contribution in [1.29, 1.82) is 0 Å². The Morgan fingerprint density at radius 3 is 2.59 bits per heavy atom. The fraction of sp³-hybridized carbons (Fsp3) is 0.250. The Hall–Kier alpha value is -3.35. The number of benzene rings is 2. The van der Waals surface area contributed by atoms with E-state index in [-0.39, 0.29) is 11.4 Å². The van der Waals surface area contributed by atoms with Crippen LogP contribution in [0.4, 0.5) is 5.69 Å². The van der Waals surface area contributed by atoms with Crippen LogP contribution in [0.5, 0.6) is 11.5 Å². The standard InChI is InChI=1S/C20H24N4O3/c1-2-8-24-20(25)19(23)18(22)14-5-3-4-13(17(14)21)12-6-7-15-16(11-12)27-10-9-26-15/h3-7,11H,2,8-10,21-23H2,1H3,(H,24,25)/b19-18+. The number of para-hydroxylation sites is 1. The van der Waals surface area contributed by atoms with Crippen molar-refractivity contribution in [3.05, 3.63) is 47.7 Å². The molecule has 0 radical (unpaired) electrons. The molecule has 0 bridgehead atoms. The van der Waals surface area contributed by atoms with Crippen LogP contribution in [0.15, 0.2) is 42.1 Å². The van der Waals surface area contributed by atoms with E-state index in [1.54, 1.807) is 6.07 Å². The number of amides is 1. The van der Waals surface area contributed by atoms with Crippen LogP contribution in [0.25, 0.3) is 16.8 Å². The number of fused-ring (bicyclic) bond motifs is 1. The van der Waals surface area contributed by atoms with Crippen LogP contribution in [0.3, 0.4) is 0 Å². The van der Waals surface area contributed by atoms with E-state index in [1.165, 1.54) is 0 Å². The summed E-state index contributed by atoms with van der Waals surface area (Å²) in [5.41, 5.74) is 21.1. The summed E-state index contributed by atoms with van der Waals surface area (Å²) in [5, 5.41) is 2.71. The summed E-state index contributed by atoms with van der Waals surface area (Å²) >= 11 is 0. The van der Waals surface area contributed by atoms with Crippen LogP contribution in [0.1, 0.15) is 18.9 Å². The first-order valence-electron chi connectivity index (χ1n) is 8.85. The molecule has 27 heavy (non-hydrogen) atoms. The summed E-state index contributed by atoms with van der Waals surface area (Å²) in [4.78, 5) is 12.1. The van der Waals surface area contributed by atoms with E-state index in [1.807, 2.05) is 37.3 Å². The number of hydrogen-bond donors (Lipinski definition) is 4. The predicted molar refractivity (Wildman–Crippen MR) is 106 cm³/mol. The largest absolute Gasteiger partial charge is 0.486 e. The molecule has 142 valence electrons. The molecule has 2 aromatic carbocycles. The van der Waals surface area contributed by atoms with Crippen molar-refractivity contribution in [2.75, 3.05) is 25.5 Å². The van der Waals surface area contributed by atoms with Gasteiger partial charge in [-0.1, -0.05) is 31.2 Å². The molecule has 0 fully saturated rings. The molecular formula is C20H24N4O3. The first-order chi connectivity index (χ1) is 13.0. The maximum absolute atomic E-state index is 12.1. The zero-order valence-electron chi connectivity index (χ0n) is 15.2. The third-order valence-electron chi connectivity index (χ3n) is 4.32. The fourth-order valence-corrected chi connectivity index (χ4v) is 2.86. The molecule has 0 saturated carbocycles. The van der Waals surface area contributed by atoms with E-state index < -0.39 is 5.91 Å². The highest BCUT2D eigenvalue weighted by molar-refractivity contribution is 6.01. The van der Waals surface area contributed by atoms with Gasteiger partial charge >= 0.3 is 0 Å². The number of carbonyl (C=O) groups is 1. The van der Waals surface area contributed by atoms with Gasteiger partial charge in [-0.25, -0.2) is 0 Å². The molecule has 1 aliphatic heterocycles. The van der Waals surface area contributed by atoms with E-state index in [0.29, 0.717) is 42.5 Å². The number of nitrogens with one attached hydrogen (secondary N) is 1. The van der Waals surface area contributed by atoms with Gasteiger partial charge in [0, 0.05) is 23.4 Å². The number of hydrogen-bond acceptors (Lipinski definition) is 6. The Labute approximate surface area is 158 Å². The molecule has 0 atom stereocenters. The van der Waals surface area contributed by atoms with Gasteiger partial charge in [-0.3, -0.25) is 4.79 Å². The molecule has 0 aromatic heterocycles. The third-order valence-corrected chi connectivity index (χ3v) is 4.32. The minimum absolute atomic E-state index is 0.0468. The first kappa shape index (κ1) is 18.4. The average molecular weight is 368 g/mol. The summed E-state index contributed by atoms with van der Waals surface area (Å²) in [6, 6.07) is 11.1. The van der Waals surface area contributed by atoms with Crippen molar-refractivity contribution >= 4 is 17.3 Å². The lowest BCUT2D eigenvalue weighted by Gasteiger charge is -2.19. The van der Waals surface area contributed by atoms with Gasteiger partial charge < -0.3 is 32.0 Å². The van der Waals surface area contributed by atoms with Crippen molar-refractivity contribution < 1.29 is 14.3 Å². The maximum Gasteiger partial charge on any atom is 0.269 e. The van der Waals surface area contributed by atoms with Gasteiger partial charge in [0.15, 0.2) is 11.5 Å². The summed E-state index contributed by atoms with van der Waals surface area (Å²) in [6.07, 6.45) is 0.806. The molecule has 0 spiro atoms. The predicted octanol–water partition coefficient (Wildman–Crippen LogP) is 1.82. The van der Waals surface area contributed by atoms with E-state index in [4.69, 9.17) is 26.7 Å². The van der Waals surface area contributed by atoms with Gasteiger partial charge in [0.05, 0.1) is 5.70 Å². The highest BCUT2D eigenvalue weighted by atomic mass is 16.6. The molecule has 1 heterocycles. The molecule has 7 N–H and O–H groups in total. The Kier molecular flexibility index (Phi) is 5.40. The number of nitrogens with two attached hydrogens (primary N) is 3. The lowest BCUT2D eigenvalue weighted by Crippen LogP contribution is -2.31. The molecule has 0 unspecified atom stereocenters. The molecule has 2 aromatic rings. The van der Waals surface area contributed by atoms with E-state index in [9.17, 15) is 4.79 Å². The Morgan fingerprint density at radius 1 is 1.11 bits per heavy atom.